The van der Waals surface area contributed by atoms with E-state index in [-0.39, 0.29) is 0 Å². The molecule has 134 valence electrons. The Kier molecular flexibility index (Phi) is 5.71. The van der Waals surface area contributed by atoms with Gasteiger partial charge in [0.1, 0.15) is 11.6 Å². The van der Waals surface area contributed by atoms with Gasteiger partial charge in [0.05, 0.1) is 26.5 Å². The fourth-order valence-electron chi connectivity index (χ4n) is 3.03. The van der Waals surface area contributed by atoms with Crippen LogP contribution in [0, 0.1) is 6.92 Å². The van der Waals surface area contributed by atoms with Crippen molar-refractivity contribution in [2.24, 2.45) is 0 Å². The minimum Gasteiger partial charge on any atom is -0.493 e. The fourth-order valence-corrected chi connectivity index (χ4v) is 3.03. The summed E-state index contributed by atoms with van der Waals surface area (Å²) in [6.07, 6.45) is 1.90. The molecule has 2 aromatic rings. The quantitative estimate of drug-likeness (QED) is 0.834. The molecule has 1 aliphatic heterocycles. The first-order valence-corrected chi connectivity index (χ1v) is 8.57. The summed E-state index contributed by atoms with van der Waals surface area (Å²) in [5.74, 6) is 3.54. The fraction of sp³-hybridized carbons (Fsp3) is 0.474. The van der Waals surface area contributed by atoms with Gasteiger partial charge in [-0.25, -0.2) is 9.97 Å². The molecule has 6 nitrogen and oxygen atoms in total. The Bertz CT molecular complexity index is 715. The molecule has 1 aliphatic rings. The Morgan fingerprint density at radius 1 is 1.16 bits per heavy atom. The van der Waals surface area contributed by atoms with Crippen molar-refractivity contribution in [3.05, 3.63) is 41.3 Å². The van der Waals surface area contributed by atoms with Crippen LogP contribution < -0.4 is 14.8 Å². The van der Waals surface area contributed by atoms with Crippen LogP contribution in [0.2, 0.25) is 0 Å². The molecule has 0 unspecified atom stereocenters. The third kappa shape index (κ3) is 4.39. The molecule has 1 N–H and O–H groups in total. The largest absolute Gasteiger partial charge is 0.493 e. The summed E-state index contributed by atoms with van der Waals surface area (Å²) in [4.78, 5) is 9.05. The monoisotopic (exact) mass is 343 g/mol. The van der Waals surface area contributed by atoms with Crippen LogP contribution in [0.4, 0.5) is 5.82 Å². The number of hydrogen-bond donors (Lipinski definition) is 1. The number of nitrogens with zero attached hydrogens (tertiary/aromatic N) is 2. The Morgan fingerprint density at radius 2 is 2.00 bits per heavy atom. The molecule has 0 bridgehead atoms. The molecule has 0 spiro atoms. The van der Waals surface area contributed by atoms with Gasteiger partial charge in [0.25, 0.3) is 0 Å². The summed E-state index contributed by atoms with van der Waals surface area (Å²) >= 11 is 0. The van der Waals surface area contributed by atoms with E-state index in [1.807, 2.05) is 25.1 Å². The molecule has 6 heteroatoms. The zero-order valence-electron chi connectivity index (χ0n) is 15.0. The third-order valence-electron chi connectivity index (χ3n) is 4.37. The van der Waals surface area contributed by atoms with Crippen LogP contribution in [0.3, 0.4) is 0 Å². The molecule has 0 aliphatic carbocycles. The van der Waals surface area contributed by atoms with E-state index in [1.54, 1.807) is 14.2 Å². The summed E-state index contributed by atoms with van der Waals surface area (Å²) in [7, 11) is 3.29. The molecule has 25 heavy (non-hydrogen) atoms. The molecule has 0 amide bonds. The maximum Gasteiger partial charge on any atom is 0.160 e. The van der Waals surface area contributed by atoms with E-state index in [2.05, 4.69) is 21.4 Å². The van der Waals surface area contributed by atoms with Crippen molar-refractivity contribution in [3.63, 3.8) is 0 Å². The predicted octanol–water partition coefficient (Wildman–Crippen LogP) is 2.96. The summed E-state index contributed by atoms with van der Waals surface area (Å²) in [6.45, 7) is 4.28. The van der Waals surface area contributed by atoms with Gasteiger partial charge >= 0.3 is 0 Å². The van der Waals surface area contributed by atoms with Crippen molar-refractivity contribution in [2.75, 3.05) is 39.3 Å². The van der Waals surface area contributed by atoms with Gasteiger partial charge < -0.3 is 19.5 Å². The van der Waals surface area contributed by atoms with Gasteiger partial charge in [-0.05, 0) is 37.5 Å². The van der Waals surface area contributed by atoms with Crippen molar-refractivity contribution in [1.29, 1.82) is 0 Å². The number of hydrogen-bond acceptors (Lipinski definition) is 6. The van der Waals surface area contributed by atoms with Crippen molar-refractivity contribution in [2.45, 2.75) is 25.7 Å². The van der Waals surface area contributed by atoms with Crippen LogP contribution in [0.1, 0.15) is 29.4 Å². The summed E-state index contributed by atoms with van der Waals surface area (Å²) in [5, 5.41) is 3.40. The second kappa shape index (κ2) is 8.16. The van der Waals surface area contributed by atoms with Gasteiger partial charge in [0, 0.05) is 25.1 Å². The van der Waals surface area contributed by atoms with Gasteiger partial charge in [0.15, 0.2) is 11.5 Å². The van der Waals surface area contributed by atoms with Gasteiger partial charge in [-0.3, -0.25) is 0 Å². The first-order valence-electron chi connectivity index (χ1n) is 8.57. The number of rotatable bonds is 7. The van der Waals surface area contributed by atoms with Gasteiger partial charge in [0.2, 0.25) is 0 Å². The van der Waals surface area contributed by atoms with Crippen LogP contribution in [0.15, 0.2) is 24.3 Å². The summed E-state index contributed by atoms with van der Waals surface area (Å²) < 4.78 is 16.1. The van der Waals surface area contributed by atoms with Crippen LogP contribution in [0.5, 0.6) is 11.5 Å². The van der Waals surface area contributed by atoms with Crippen molar-refractivity contribution >= 4 is 5.82 Å². The number of aryl methyl sites for hydroxylation is 1. The van der Waals surface area contributed by atoms with Crippen LogP contribution in [0.25, 0.3) is 0 Å². The highest BCUT2D eigenvalue weighted by Gasteiger charge is 2.20. The molecule has 1 fully saturated rings. The molecule has 0 radical (unpaired) electrons. The number of nitrogens with one attached hydrogen (secondary N) is 1. The minimum atomic E-state index is 0.382. The van der Waals surface area contributed by atoms with Crippen molar-refractivity contribution in [3.8, 4) is 11.5 Å². The van der Waals surface area contributed by atoms with E-state index in [0.29, 0.717) is 5.92 Å². The van der Waals surface area contributed by atoms with E-state index >= 15 is 0 Å². The topological polar surface area (TPSA) is 65.5 Å². The van der Waals surface area contributed by atoms with E-state index in [0.717, 1.165) is 61.4 Å². The first-order chi connectivity index (χ1) is 12.2. The lowest BCUT2D eigenvalue weighted by molar-refractivity contribution is 0.193. The second-order valence-corrected chi connectivity index (χ2v) is 6.15. The molecule has 2 heterocycles. The highest BCUT2D eigenvalue weighted by molar-refractivity contribution is 5.43. The maximum absolute atomic E-state index is 5.47. The average Bonchev–Trinajstić information content (AvgIpc) is 3.16. The highest BCUT2D eigenvalue weighted by atomic mass is 16.5. The zero-order valence-corrected chi connectivity index (χ0v) is 15.0. The zero-order chi connectivity index (χ0) is 17.6. The normalized spacial score (nSPS) is 16.7. The minimum absolute atomic E-state index is 0.382. The standard InChI is InChI=1S/C19H25N3O3/c1-13-21-16(15-7-9-25-12-15)11-19(22-13)20-8-6-14-4-5-17(23-2)18(10-14)24-3/h4-5,10-11,15H,6-9,12H2,1-3H3,(H,20,21,22)/t15-/m0/s1. The van der Waals surface area contributed by atoms with E-state index in [1.165, 1.54) is 5.56 Å². The first kappa shape index (κ1) is 17.5. The van der Waals surface area contributed by atoms with E-state index in [9.17, 15) is 0 Å². The smallest absolute Gasteiger partial charge is 0.160 e. The molecule has 1 atom stereocenters. The van der Waals surface area contributed by atoms with Crippen LogP contribution >= 0.6 is 0 Å². The molecule has 1 saturated heterocycles. The van der Waals surface area contributed by atoms with Gasteiger partial charge in [-0.15, -0.1) is 0 Å². The molecule has 1 aromatic heterocycles. The van der Waals surface area contributed by atoms with Crippen LogP contribution in [-0.2, 0) is 11.2 Å². The lowest BCUT2D eigenvalue weighted by Gasteiger charge is -2.12. The number of benzene rings is 1. The third-order valence-corrected chi connectivity index (χ3v) is 4.37. The number of aromatic nitrogens is 2. The van der Waals surface area contributed by atoms with Gasteiger partial charge in [-0.2, -0.15) is 0 Å². The molecular formula is C19H25N3O3. The lowest BCUT2D eigenvalue weighted by atomic mass is 10.0. The molecule has 3 rings (SSSR count). The highest BCUT2D eigenvalue weighted by Crippen LogP contribution is 2.28. The van der Waals surface area contributed by atoms with Crippen molar-refractivity contribution < 1.29 is 14.2 Å². The molecule has 1 aromatic carbocycles. The number of ether oxygens (including phenoxy) is 3. The Morgan fingerprint density at radius 3 is 2.72 bits per heavy atom. The molecule has 0 saturated carbocycles. The lowest BCUT2D eigenvalue weighted by Crippen LogP contribution is -2.10. The van der Waals surface area contributed by atoms with Gasteiger partial charge in [-0.1, -0.05) is 6.07 Å². The van der Waals surface area contributed by atoms with Crippen molar-refractivity contribution in [1.82, 2.24) is 9.97 Å². The van der Waals surface area contributed by atoms with Crippen LogP contribution in [-0.4, -0.2) is 43.9 Å². The summed E-state index contributed by atoms with van der Waals surface area (Å²) in [6, 6.07) is 8.03. The molecular weight excluding hydrogens is 318 g/mol. The van der Waals surface area contributed by atoms with E-state index in [4.69, 9.17) is 14.2 Å². The summed E-state index contributed by atoms with van der Waals surface area (Å²) in [5.41, 5.74) is 2.25. The second-order valence-electron chi connectivity index (χ2n) is 6.15. The predicted molar refractivity (Wildman–Crippen MR) is 96.7 cm³/mol. The Labute approximate surface area is 148 Å². The number of anilines is 1. The maximum atomic E-state index is 5.47. The Balaban J connectivity index is 1.62. The SMILES string of the molecule is COc1ccc(CCNc2cc([C@H]3CCOC3)nc(C)n2)cc1OC. The number of methoxy groups -OCH3 is 2. The Hall–Kier alpha value is -2.34. The average molecular weight is 343 g/mol. The van der Waals surface area contributed by atoms with E-state index < -0.39 is 0 Å².